The van der Waals surface area contributed by atoms with Gasteiger partial charge in [0, 0.05) is 24.8 Å². The quantitative estimate of drug-likeness (QED) is 0.834. The van der Waals surface area contributed by atoms with Crippen molar-refractivity contribution in [2.24, 2.45) is 5.92 Å². The van der Waals surface area contributed by atoms with Crippen molar-refractivity contribution in [3.63, 3.8) is 0 Å². The number of carbonyl (C=O) groups excluding carboxylic acids is 1. The zero-order chi connectivity index (χ0) is 17.0. The van der Waals surface area contributed by atoms with Crippen LogP contribution in [-0.4, -0.2) is 58.0 Å². The maximum Gasteiger partial charge on any atom is 0.254 e. The van der Waals surface area contributed by atoms with Gasteiger partial charge >= 0.3 is 0 Å². The van der Waals surface area contributed by atoms with E-state index in [4.69, 9.17) is 0 Å². The molecule has 6 heteroatoms. The number of aliphatic hydroxyl groups excluding tert-OH is 1. The summed E-state index contributed by atoms with van der Waals surface area (Å²) >= 11 is 0. The molecule has 2 N–H and O–H groups in total. The van der Waals surface area contributed by atoms with E-state index in [9.17, 15) is 9.90 Å². The van der Waals surface area contributed by atoms with Gasteiger partial charge in [-0.2, -0.15) is 5.10 Å². The predicted molar refractivity (Wildman–Crippen MR) is 90.5 cm³/mol. The van der Waals surface area contributed by atoms with Crippen LogP contribution in [-0.2, 0) is 0 Å². The van der Waals surface area contributed by atoms with Gasteiger partial charge in [-0.25, -0.2) is 0 Å². The van der Waals surface area contributed by atoms with Crippen molar-refractivity contribution in [1.82, 2.24) is 20.0 Å². The number of carbonyl (C=O) groups is 1. The molecule has 1 aliphatic rings. The second-order valence-corrected chi connectivity index (χ2v) is 7.03. The summed E-state index contributed by atoms with van der Waals surface area (Å²) in [5, 5.41) is 17.2. The molecule has 1 fully saturated rings. The van der Waals surface area contributed by atoms with Crippen molar-refractivity contribution in [2.75, 3.05) is 26.2 Å². The second kappa shape index (κ2) is 7.93. The van der Waals surface area contributed by atoms with Gasteiger partial charge in [-0.3, -0.25) is 9.48 Å². The Morgan fingerprint density at radius 3 is 2.65 bits per heavy atom. The van der Waals surface area contributed by atoms with Crippen molar-refractivity contribution in [3.05, 3.63) is 17.5 Å². The number of rotatable bonds is 6. The van der Waals surface area contributed by atoms with Gasteiger partial charge in [-0.05, 0) is 52.6 Å². The Bertz CT molecular complexity index is 519. The lowest BCUT2D eigenvalue weighted by Gasteiger charge is -2.31. The summed E-state index contributed by atoms with van der Waals surface area (Å²) in [6.45, 7) is 11.2. The summed E-state index contributed by atoms with van der Waals surface area (Å²) in [7, 11) is 0. The first kappa shape index (κ1) is 17.9. The summed E-state index contributed by atoms with van der Waals surface area (Å²) in [6.07, 6.45) is 3.44. The number of hydrogen-bond acceptors (Lipinski definition) is 4. The largest absolute Gasteiger partial charge is 0.390 e. The van der Waals surface area contributed by atoms with E-state index in [0.29, 0.717) is 12.1 Å². The molecule has 1 saturated heterocycles. The summed E-state index contributed by atoms with van der Waals surface area (Å²) in [5.74, 6) is 0.615. The van der Waals surface area contributed by atoms with Gasteiger partial charge in [0.25, 0.3) is 5.91 Å². The first-order valence-electron chi connectivity index (χ1n) is 8.61. The minimum absolute atomic E-state index is 0.166. The lowest BCUT2D eigenvalue weighted by atomic mass is 9.99. The highest BCUT2D eigenvalue weighted by Crippen LogP contribution is 2.16. The van der Waals surface area contributed by atoms with Crippen LogP contribution >= 0.6 is 0 Å². The topological polar surface area (TPSA) is 70.4 Å². The smallest absolute Gasteiger partial charge is 0.254 e. The van der Waals surface area contributed by atoms with E-state index in [1.165, 1.54) is 12.8 Å². The fourth-order valence-corrected chi connectivity index (χ4v) is 3.08. The summed E-state index contributed by atoms with van der Waals surface area (Å²) in [6, 6.07) is 0.226. The average molecular weight is 322 g/mol. The molecule has 0 aliphatic carbocycles. The van der Waals surface area contributed by atoms with E-state index in [1.807, 2.05) is 25.5 Å². The third-order valence-electron chi connectivity index (χ3n) is 4.62. The van der Waals surface area contributed by atoms with Gasteiger partial charge in [0.1, 0.15) is 0 Å². The zero-order valence-corrected chi connectivity index (χ0v) is 14.7. The number of hydrogen-bond donors (Lipinski definition) is 2. The molecule has 1 aromatic rings. The van der Waals surface area contributed by atoms with E-state index in [1.54, 1.807) is 6.20 Å². The maximum atomic E-state index is 12.3. The zero-order valence-electron chi connectivity index (χ0n) is 14.7. The molecule has 0 saturated carbocycles. The van der Waals surface area contributed by atoms with Gasteiger partial charge in [-0.1, -0.05) is 6.92 Å². The lowest BCUT2D eigenvalue weighted by molar-refractivity contribution is 0.0795. The highest BCUT2D eigenvalue weighted by Gasteiger charge is 2.20. The maximum absolute atomic E-state index is 12.3. The van der Waals surface area contributed by atoms with Crippen molar-refractivity contribution in [3.8, 4) is 0 Å². The monoisotopic (exact) mass is 322 g/mol. The lowest BCUT2D eigenvalue weighted by Crippen LogP contribution is -2.43. The molecular weight excluding hydrogens is 292 g/mol. The summed E-state index contributed by atoms with van der Waals surface area (Å²) in [5.41, 5.74) is 1.44. The van der Waals surface area contributed by atoms with Crippen LogP contribution in [0.4, 0.5) is 0 Å². The van der Waals surface area contributed by atoms with E-state index < -0.39 is 6.10 Å². The van der Waals surface area contributed by atoms with Crippen molar-refractivity contribution < 1.29 is 9.90 Å². The first-order chi connectivity index (χ1) is 10.9. The molecule has 23 heavy (non-hydrogen) atoms. The Balaban J connectivity index is 1.80. The van der Waals surface area contributed by atoms with Crippen LogP contribution in [0.25, 0.3) is 0 Å². The fourth-order valence-electron chi connectivity index (χ4n) is 3.08. The normalized spacial score (nSPS) is 18.3. The molecule has 0 bridgehead atoms. The molecule has 1 unspecified atom stereocenters. The Morgan fingerprint density at radius 2 is 2.09 bits per heavy atom. The van der Waals surface area contributed by atoms with Gasteiger partial charge in [0.2, 0.25) is 0 Å². The van der Waals surface area contributed by atoms with Crippen LogP contribution in [0.15, 0.2) is 6.20 Å². The number of nitrogens with zero attached hydrogens (tertiary/aromatic N) is 3. The van der Waals surface area contributed by atoms with E-state index in [-0.39, 0.29) is 18.5 Å². The molecule has 1 amide bonds. The third-order valence-corrected chi connectivity index (χ3v) is 4.62. The highest BCUT2D eigenvalue weighted by atomic mass is 16.3. The Morgan fingerprint density at radius 1 is 1.43 bits per heavy atom. The van der Waals surface area contributed by atoms with Crippen molar-refractivity contribution in [1.29, 1.82) is 0 Å². The van der Waals surface area contributed by atoms with Crippen LogP contribution in [0.5, 0.6) is 0 Å². The second-order valence-electron chi connectivity index (χ2n) is 7.03. The van der Waals surface area contributed by atoms with E-state index >= 15 is 0 Å². The summed E-state index contributed by atoms with van der Waals surface area (Å²) < 4.78 is 1.83. The molecule has 2 heterocycles. The molecule has 130 valence electrons. The molecule has 0 aromatic carbocycles. The molecule has 2 rings (SSSR count). The van der Waals surface area contributed by atoms with Crippen LogP contribution in [0.2, 0.25) is 0 Å². The molecule has 6 nitrogen and oxygen atoms in total. The molecule has 0 spiro atoms. The Kier molecular flexibility index (Phi) is 6.18. The Labute approximate surface area is 138 Å². The first-order valence-corrected chi connectivity index (χ1v) is 8.61. The van der Waals surface area contributed by atoms with Gasteiger partial charge < -0.3 is 15.3 Å². The van der Waals surface area contributed by atoms with Crippen LogP contribution < -0.4 is 5.32 Å². The van der Waals surface area contributed by atoms with E-state index in [0.717, 1.165) is 24.7 Å². The molecular formula is C17H30N4O2. The van der Waals surface area contributed by atoms with Crippen molar-refractivity contribution >= 4 is 5.91 Å². The van der Waals surface area contributed by atoms with E-state index in [2.05, 4.69) is 22.2 Å². The number of β-amino-alcohol motifs (C(OH)–C–C–N with tert-alkyl or cyclic N) is 1. The number of aliphatic hydroxyl groups is 1. The average Bonchev–Trinajstić information content (AvgIpc) is 2.89. The van der Waals surface area contributed by atoms with Gasteiger partial charge in [0.15, 0.2) is 0 Å². The highest BCUT2D eigenvalue weighted by molar-refractivity contribution is 5.95. The summed E-state index contributed by atoms with van der Waals surface area (Å²) in [4.78, 5) is 14.5. The number of nitrogens with one attached hydrogen (secondary N) is 1. The van der Waals surface area contributed by atoms with Crippen molar-refractivity contribution in [2.45, 2.75) is 52.7 Å². The molecule has 1 atom stereocenters. The van der Waals surface area contributed by atoms with Crippen LogP contribution in [0, 0.1) is 12.8 Å². The minimum atomic E-state index is -0.534. The van der Waals surface area contributed by atoms with Crippen LogP contribution in [0.3, 0.4) is 0 Å². The number of aromatic nitrogens is 2. The third kappa shape index (κ3) is 4.78. The number of likely N-dealkylation sites (tertiary alicyclic amines) is 1. The number of piperidine rings is 1. The van der Waals surface area contributed by atoms with Crippen LogP contribution in [0.1, 0.15) is 55.7 Å². The Hall–Kier alpha value is -1.40. The molecule has 0 radical (unpaired) electrons. The van der Waals surface area contributed by atoms with Gasteiger partial charge in [0.05, 0.1) is 17.9 Å². The minimum Gasteiger partial charge on any atom is -0.390 e. The SMILES string of the molecule is Cc1c(C(=O)NCC(O)CN2CCC(C)CC2)cnn1C(C)C. The number of amides is 1. The predicted octanol–water partition coefficient (Wildman–Crippen LogP) is 1.60. The van der Waals surface area contributed by atoms with Gasteiger partial charge in [-0.15, -0.1) is 0 Å². The standard InChI is InChI=1S/C17H30N4O2/c1-12(2)21-14(4)16(10-19-21)17(23)18-9-15(22)11-20-7-5-13(3)6-8-20/h10,12-13,15,22H,5-9,11H2,1-4H3,(H,18,23). The molecule has 1 aromatic heterocycles. The fraction of sp³-hybridized carbons (Fsp3) is 0.765. The molecule has 1 aliphatic heterocycles.